The molecule has 0 radical (unpaired) electrons. The molecule has 1 atom stereocenters. The Morgan fingerprint density at radius 1 is 1.55 bits per heavy atom. The molecule has 1 saturated heterocycles. The van der Waals surface area contributed by atoms with Crippen LogP contribution in [0.4, 0.5) is 0 Å². The predicted octanol–water partition coefficient (Wildman–Crippen LogP) is 1.15. The normalized spacial score (nSPS) is 32.2. The molecule has 0 spiro atoms. The fraction of sp³-hybridized carbons (Fsp3) is 1.00. The lowest BCUT2D eigenvalue weighted by atomic mass is 9.79. The first-order valence-corrected chi connectivity index (χ1v) is 4.58. The Balaban J connectivity index is 2.25. The van der Waals surface area contributed by atoms with Crippen LogP contribution in [0, 0.1) is 5.41 Å². The molecule has 2 N–H and O–H groups in total. The molecule has 2 nitrogen and oxygen atoms in total. The zero-order valence-corrected chi connectivity index (χ0v) is 7.40. The maximum absolute atomic E-state index is 8.69. The third-order valence-corrected chi connectivity index (χ3v) is 2.62. The lowest BCUT2D eigenvalue weighted by molar-refractivity contribution is 0.187. The van der Waals surface area contributed by atoms with E-state index in [4.69, 9.17) is 5.11 Å². The predicted molar refractivity (Wildman–Crippen MR) is 46.5 cm³/mol. The summed E-state index contributed by atoms with van der Waals surface area (Å²) < 4.78 is 0. The van der Waals surface area contributed by atoms with Crippen molar-refractivity contribution in [3.63, 3.8) is 0 Å². The third-order valence-electron chi connectivity index (χ3n) is 2.62. The average Bonchev–Trinajstić information content (AvgIpc) is 2.03. The monoisotopic (exact) mass is 157 g/mol. The molecule has 0 aromatic carbocycles. The summed E-state index contributed by atoms with van der Waals surface area (Å²) in [5.41, 5.74) is 0.459. The van der Waals surface area contributed by atoms with E-state index >= 15 is 0 Å². The van der Waals surface area contributed by atoms with Crippen molar-refractivity contribution in [3.8, 4) is 0 Å². The molecule has 1 unspecified atom stereocenters. The molecule has 0 aliphatic carbocycles. The largest absolute Gasteiger partial charge is 0.396 e. The number of rotatable bonds is 3. The maximum atomic E-state index is 8.69. The minimum absolute atomic E-state index is 0.343. The lowest BCUT2D eigenvalue weighted by Crippen LogP contribution is -2.37. The highest BCUT2D eigenvalue weighted by Crippen LogP contribution is 2.30. The quantitative estimate of drug-likeness (QED) is 0.644. The fourth-order valence-corrected chi connectivity index (χ4v) is 1.84. The van der Waals surface area contributed by atoms with Gasteiger partial charge in [0.2, 0.25) is 0 Å². The van der Waals surface area contributed by atoms with Gasteiger partial charge in [0.25, 0.3) is 0 Å². The van der Waals surface area contributed by atoms with Crippen LogP contribution in [0.1, 0.15) is 32.6 Å². The van der Waals surface area contributed by atoms with Gasteiger partial charge in [0.05, 0.1) is 0 Å². The van der Waals surface area contributed by atoms with Crippen molar-refractivity contribution in [2.45, 2.75) is 32.6 Å². The summed E-state index contributed by atoms with van der Waals surface area (Å²) in [6, 6.07) is 0. The van der Waals surface area contributed by atoms with E-state index in [1.807, 2.05) is 0 Å². The van der Waals surface area contributed by atoms with E-state index in [1.165, 1.54) is 19.4 Å². The number of aliphatic hydroxyl groups is 1. The molecule has 0 amide bonds. The minimum Gasteiger partial charge on any atom is -0.396 e. The molecule has 1 fully saturated rings. The van der Waals surface area contributed by atoms with Gasteiger partial charge in [-0.2, -0.15) is 0 Å². The van der Waals surface area contributed by atoms with Crippen molar-refractivity contribution >= 4 is 0 Å². The Kier molecular flexibility index (Phi) is 3.34. The first-order valence-electron chi connectivity index (χ1n) is 4.58. The molecule has 66 valence electrons. The molecule has 2 heteroatoms. The molecular weight excluding hydrogens is 138 g/mol. The smallest absolute Gasteiger partial charge is 0.0431 e. The second-order valence-electron chi connectivity index (χ2n) is 3.92. The van der Waals surface area contributed by atoms with Gasteiger partial charge in [0.1, 0.15) is 0 Å². The van der Waals surface area contributed by atoms with E-state index < -0.39 is 0 Å². The Labute approximate surface area is 69.0 Å². The van der Waals surface area contributed by atoms with Crippen molar-refractivity contribution in [3.05, 3.63) is 0 Å². The van der Waals surface area contributed by atoms with Gasteiger partial charge in [0, 0.05) is 13.2 Å². The molecule has 1 heterocycles. The van der Waals surface area contributed by atoms with Crippen LogP contribution >= 0.6 is 0 Å². The molecule has 11 heavy (non-hydrogen) atoms. The first kappa shape index (κ1) is 9.01. The van der Waals surface area contributed by atoms with Crippen LogP contribution < -0.4 is 5.32 Å². The Bertz CT molecular complexity index is 108. The number of hydrogen-bond acceptors (Lipinski definition) is 2. The second-order valence-corrected chi connectivity index (χ2v) is 3.92. The van der Waals surface area contributed by atoms with Crippen molar-refractivity contribution in [1.29, 1.82) is 0 Å². The number of hydrogen-bond donors (Lipinski definition) is 2. The zero-order chi connectivity index (χ0) is 8.16. The Hall–Kier alpha value is -0.0800. The minimum atomic E-state index is 0.343. The van der Waals surface area contributed by atoms with Crippen LogP contribution in [0.3, 0.4) is 0 Å². The summed E-state index contributed by atoms with van der Waals surface area (Å²) in [6.45, 7) is 4.96. The number of piperidine rings is 1. The molecule has 0 bridgehead atoms. The molecule has 1 rings (SSSR count). The molecule has 0 aromatic heterocycles. The maximum Gasteiger partial charge on any atom is 0.0431 e. The van der Waals surface area contributed by atoms with E-state index in [9.17, 15) is 0 Å². The van der Waals surface area contributed by atoms with Gasteiger partial charge in [-0.25, -0.2) is 0 Å². The second kappa shape index (κ2) is 4.07. The standard InChI is InChI=1S/C9H19NO/c1-9(5-3-7-11)4-2-6-10-8-9/h10-11H,2-8H2,1H3. The van der Waals surface area contributed by atoms with E-state index in [-0.39, 0.29) is 0 Å². The highest BCUT2D eigenvalue weighted by Gasteiger charge is 2.25. The van der Waals surface area contributed by atoms with Crippen LogP contribution in [-0.4, -0.2) is 24.8 Å². The van der Waals surface area contributed by atoms with Crippen LogP contribution in [0.2, 0.25) is 0 Å². The van der Waals surface area contributed by atoms with Gasteiger partial charge in [-0.05, 0) is 37.6 Å². The highest BCUT2D eigenvalue weighted by molar-refractivity contribution is 4.80. The Morgan fingerprint density at radius 2 is 2.36 bits per heavy atom. The van der Waals surface area contributed by atoms with Gasteiger partial charge in [-0.1, -0.05) is 6.92 Å². The van der Waals surface area contributed by atoms with Crippen molar-refractivity contribution in [1.82, 2.24) is 5.32 Å². The van der Waals surface area contributed by atoms with Crippen LogP contribution in [-0.2, 0) is 0 Å². The SMILES string of the molecule is CC1(CCCO)CCCNC1. The van der Waals surface area contributed by atoms with Crippen LogP contribution in [0.5, 0.6) is 0 Å². The molecular formula is C9H19NO. The summed E-state index contributed by atoms with van der Waals surface area (Å²) >= 11 is 0. The zero-order valence-electron chi connectivity index (χ0n) is 7.40. The summed E-state index contributed by atoms with van der Waals surface area (Å²) in [4.78, 5) is 0. The van der Waals surface area contributed by atoms with E-state index in [0.29, 0.717) is 12.0 Å². The van der Waals surface area contributed by atoms with Gasteiger partial charge >= 0.3 is 0 Å². The fourth-order valence-electron chi connectivity index (χ4n) is 1.84. The van der Waals surface area contributed by atoms with Gasteiger partial charge in [-0.15, -0.1) is 0 Å². The van der Waals surface area contributed by atoms with Gasteiger partial charge in [-0.3, -0.25) is 0 Å². The number of nitrogens with one attached hydrogen (secondary N) is 1. The first-order chi connectivity index (χ1) is 5.27. The molecule has 0 aromatic rings. The summed E-state index contributed by atoms with van der Waals surface area (Å²) in [5, 5.41) is 12.1. The third kappa shape index (κ3) is 2.80. The van der Waals surface area contributed by atoms with E-state index in [2.05, 4.69) is 12.2 Å². The number of aliphatic hydroxyl groups excluding tert-OH is 1. The van der Waals surface area contributed by atoms with Gasteiger partial charge < -0.3 is 10.4 Å². The van der Waals surface area contributed by atoms with E-state index in [0.717, 1.165) is 19.4 Å². The van der Waals surface area contributed by atoms with E-state index in [1.54, 1.807) is 0 Å². The lowest BCUT2D eigenvalue weighted by Gasteiger charge is -2.34. The molecule has 0 saturated carbocycles. The van der Waals surface area contributed by atoms with Gasteiger partial charge in [0.15, 0.2) is 0 Å². The Morgan fingerprint density at radius 3 is 2.91 bits per heavy atom. The van der Waals surface area contributed by atoms with Crippen molar-refractivity contribution < 1.29 is 5.11 Å². The topological polar surface area (TPSA) is 32.3 Å². The summed E-state index contributed by atoms with van der Waals surface area (Å²) in [5.74, 6) is 0. The van der Waals surface area contributed by atoms with Crippen LogP contribution in [0.15, 0.2) is 0 Å². The van der Waals surface area contributed by atoms with Crippen molar-refractivity contribution in [2.24, 2.45) is 5.41 Å². The summed E-state index contributed by atoms with van der Waals surface area (Å²) in [7, 11) is 0. The molecule has 1 aliphatic rings. The average molecular weight is 157 g/mol. The highest BCUT2D eigenvalue weighted by atomic mass is 16.2. The van der Waals surface area contributed by atoms with Crippen LogP contribution in [0.25, 0.3) is 0 Å². The van der Waals surface area contributed by atoms with Crippen molar-refractivity contribution in [2.75, 3.05) is 19.7 Å². The molecule has 1 aliphatic heterocycles. The summed E-state index contributed by atoms with van der Waals surface area (Å²) in [6.07, 6.45) is 4.73.